The minimum atomic E-state index is -1.31. The van der Waals surface area contributed by atoms with E-state index in [4.69, 9.17) is 17.3 Å². The van der Waals surface area contributed by atoms with Crippen LogP contribution in [0.4, 0.5) is 5.69 Å². The Morgan fingerprint density at radius 3 is 2.70 bits per heavy atom. The van der Waals surface area contributed by atoms with Gasteiger partial charge in [0, 0.05) is 35.0 Å². The Bertz CT molecular complexity index is 1700. The average molecular weight is 462 g/mol. The first-order valence-corrected chi connectivity index (χ1v) is 10.2. The van der Waals surface area contributed by atoms with Crippen LogP contribution in [0.25, 0.3) is 27.5 Å². The number of halogens is 1. The third-order valence-electron chi connectivity index (χ3n) is 5.42. The zero-order valence-corrected chi connectivity index (χ0v) is 17.7. The molecule has 0 atom stereocenters. The lowest BCUT2D eigenvalue weighted by Gasteiger charge is -2.11. The van der Waals surface area contributed by atoms with Crippen molar-refractivity contribution in [2.75, 3.05) is 5.73 Å². The Morgan fingerprint density at radius 1 is 1.12 bits per heavy atom. The van der Waals surface area contributed by atoms with Crippen LogP contribution in [-0.2, 0) is 6.54 Å². The van der Waals surface area contributed by atoms with E-state index in [-0.39, 0.29) is 23.3 Å². The Balaban J connectivity index is 1.91. The monoisotopic (exact) mass is 461 g/mol. The molecule has 10 heteroatoms. The largest absolute Gasteiger partial charge is 0.477 e. The molecule has 0 saturated heterocycles. The molecule has 2 aromatic carbocycles. The number of aromatic carboxylic acids is 1. The SMILES string of the molecule is Nc1cccc(Cn2c(C(=O)O)c(-n3c(=O)[nH]c4ccncc4c3=O)c3cc(Cl)ccc32)c1. The number of pyridine rings is 1. The minimum absolute atomic E-state index is 0.0686. The molecule has 4 N–H and O–H groups in total. The fourth-order valence-electron chi connectivity index (χ4n) is 4.05. The maximum atomic E-state index is 13.3. The molecule has 0 aliphatic carbocycles. The van der Waals surface area contributed by atoms with Crippen LogP contribution in [0.5, 0.6) is 0 Å². The number of nitrogens with one attached hydrogen (secondary N) is 1. The Labute approximate surface area is 190 Å². The van der Waals surface area contributed by atoms with Crippen molar-refractivity contribution in [2.24, 2.45) is 0 Å². The van der Waals surface area contributed by atoms with E-state index in [1.807, 2.05) is 6.07 Å². The fraction of sp³-hybridized carbons (Fsp3) is 0.0435. The number of carboxylic acids is 1. The zero-order valence-electron chi connectivity index (χ0n) is 16.9. The van der Waals surface area contributed by atoms with Gasteiger partial charge < -0.3 is 20.4 Å². The van der Waals surface area contributed by atoms with E-state index in [9.17, 15) is 19.5 Å². The number of nitrogens with zero attached hydrogens (tertiary/aromatic N) is 3. The van der Waals surface area contributed by atoms with E-state index in [1.165, 1.54) is 29.1 Å². The van der Waals surface area contributed by atoms with Gasteiger partial charge in [-0.05, 0) is 42.0 Å². The second kappa shape index (κ2) is 7.64. The van der Waals surface area contributed by atoms with Crippen LogP contribution in [-0.4, -0.2) is 30.2 Å². The van der Waals surface area contributed by atoms with Crippen LogP contribution in [0, 0.1) is 0 Å². The molecular formula is C23H16ClN5O4. The predicted molar refractivity (Wildman–Crippen MR) is 125 cm³/mol. The third-order valence-corrected chi connectivity index (χ3v) is 5.65. The molecular weight excluding hydrogens is 446 g/mol. The Hall–Kier alpha value is -4.37. The van der Waals surface area contributed by atoms with Crippen molar-refractivity contribution in [1.29, 1.82) is 0 Å². The summed E-state index contributed by atoms with van der Waals surface area (Å²) in [6.07, 6.45) is 2.77. The number of hydrogen-bond donors (Lipinski definition) is 3. The number of aromatic amines is 1. The summed E-state index contributed by atoms with van der Waals surface area (Å²) < 4.78 is 2.35. The van der Waals surface area contributed by atoms with Gasteiger partial charge in [-0.25, -0.2) is 14.2 Å². The van der Waals surface area contributed by atoms with Gasteiger partial charge in [-0.3, -0.25) is 9.78 Å². The van der Waals surface area contributed by atoms with Gasteiger partial charge in [0.25, 0.3) is 5.56 Å². The molecule has 33 heavy (non-hydrogen) atoms. The fourth-order valence-corrected chi connectivity index (χ4v) is 4.22. The van der Waals surface area contributed by atoms with Crippen molar-refractivity contribution in [2.45, 2.75) is 6.54 Å². The number of H-pyrrole nitrogens is 1. The van der Waals surface area contributed by atoms with E-state index in [0.717, 1.165) is 10.1 Å². The molecule has 0 saturated carbocycles. The smallest absolute Gasteiger partial charge is 0.354 e. The standard InChI is InChI=1S/C23H16ClN5O4/c24-13-4-5-18-15(9-13)19(29-21(30)16-10-26-7-6-17(16)27-23(29)33)20(22(31)32)28(18)11-12-2-1-3-14(25)8-12/h1-10H,11,25H2,(H,27,33)(H,31,32). The molecule has 0 bridgehead atoms. The zero-order chi connectivity index (χ0) is 23.3. The molecule has 5 aromatic rings. The molecule has 3 aromatic heterocycles. The number of nitrogen functional groups attached to an aromatic ring is 1. The summed E-state index contributed by atoms with van der Waals surface area (Å²) in [7, 11) is 0. The highest BCUT2D eigenvalue weighted by Gasteiger charge is 2.27. The minimum Gasteiger partial charge on any atom is -0.477 e. The lowest BCUT2D eigenvalue weighted by Crippen LogP contribution is -2.34. The van der Waals surface area contributed by atoms with E-state index in [2.05, 4.69) is 9.97 Å². The quantitative estimate of drug-likeness (QED) is 0.352. The highest BCUT2D eigenvalue weighted by Crippen LogP contribution is 2.32. The van der Waals surface area contributed by atoms with Gasteiger partial charge in [-0.15, -0.1) is 0 Å². The van der Waals surface area contributed by atoms with E-state index in [1.54, 1.807) is 30.3 Å². The normalized spacial score (nSPS) is 11.3. The first-order valence-electron chi connectivity index (χ1n) is 9.84. The lowest BCUT2D eigenvalue weighted by atomic mass is 10.2. The summed E-state index contributed by atoms with van der Waals surface area (Å²) >= 11 is 6.22. The van der Waals surface area contributed by atoms with Gasteiger partial charge in [-0.2, -0.15) is 0 Å². The van der Waals surface area contributed by atoms with Gasteiger partial charge in [0.05, 0.1) is 22.1 Å². The number of hydrogen-bond acceptors (Lipinski definition) is 5. The van der Waals surface area contributed by atoms with E-state index in [0.29, 0.717) is 27.1 Å². The van der Waals surface area contributed by atoms with Crippen molar-refractivity contribution in [3.63, 3.8) is 0 Å². The summed E-state index contributed by atoms with van der Waals surface area (Å²) in [6, 6.07) is 13.3. The van der Waals surface area contributed by atoms with Gasteiger partial charge in [0.15, 0.2) is 5.69 Å². The van der Waals surface area contributed by atoms with Gasteiger partial charge in [0.1, 0.15) is 0 Å². The molecule has 0 aliphatic rings. The molecule has 164 valence electrons. The molecule has 0 aliphatic heterocycles. The molecule has 9 nitrogen and oxygen atoms in total. The van der Waals surface area contributed by atoms with Crippen molar-refractivity contribution in [3.05, 3.63) is 98.0 Å². The number of anilines is 1. The molecule has 5 rings (SSSR count). The van der Waals surface area contributed by atoms with Crippen LogP contribution in [0.15, 0.2) is 70.5 Å². The molecule has 0 fully saturated rings. The first-order chi connectivity index (χ1) is 15.8. The number of carbonyl (C=O) groups is 1. The molecule has 0 radical (unpaired) electrons. The van der Waals surface area contributed by atoms with Crippen molar-refractivity contribution in [1.82, 2.24) is 19.1 Å². The maximum absolute atomic E-state index is 13.3. The van der Waals surface area contributed by atoms with Crippen LogP contribution in [0.2, 0.25) is 5.02 Å². The number of benzene rings is 2. The predicted octanol–water partition coefficient (Wildman–Crippen LogP) is 3.01. The Morgan fingerprint density at radius 2 is 1.94 bits per heavy atom. The summed E-state index contributed by atoms with van der Waals surface area (Å²) in [4.78, 5) is 45.4. The van der Waals surface area contributed by atoms with Crippen LogP contribution in [0.1, 0.15) is 16.1 Å². The van der Waals surface area contributed by atoms with Gasteiger partial charge >= 0.3 is 11.7 Å². The van der Waals surface area contributed by atoms with E-state index < -0.39 is 17.2 Å². The van der Waals surface area contributed by atoms with Crippen LogP contribution in [0.3, 0.4) is 0 Å². The maximum Gasteiger partial charge on any atom is 0.354 e. The third kappa shape index (κ3) is 3.35. The summed E-state index contributed by atoms with van der Waals surface area (Å²) in [5.74, 6) is -1.31. The number of carboxylic acid groups (broad SMARTS) is 1. The first kappa shape index (κ1) is 20.5. The summed E-state index contributed by atoms with van der Waals surface area (Å²) in [5, 5.41) is 11.0. The summed E-state index contributed by atoms with van der Waals surface area (Å²) in [6.45, 7) is 0.145. The highest BCUT2D eigenvalue weighted by atomic mass is 35.5. The highest BCUT2D eigenvalue weighted by molar-refractivity contribution is 6.31. The second-order valence-corrected chi connectivity index (χ2v) is 7.92. The molecule has 0 unspecified atom stereocenters. The molecule has 3 heterocycles. The topological polar surface area (TPSA) is 136 Å². The molecule has 0 spiro atoms. The molecule has 0 amide bonds. The van der Waals surface area contributed by atoms with Gasteiger partial charge in [-0.1, -0.05) is 23.7 Å². The number of nitrogens with two attached hydrogens (primary N) is 1. The second-order valence-electron chi connectivity index (χ2n) is 7.49. The van der Waals surface area contributed by atoms with Crippen molar-refractivity contribution < 1.29 is 9.90 Å². The average Bonchev–Trinajstić information content (AvgIpc) is 3.07. The van der Waals surface area contributed by atoms with E-state index >= 15 is 0 Å². The van der Waals surface area contributed by atoms with Crippen LogP contribution >= 0.6 is 11.6 Å². The lowest BCUT2D eigenvalue weighted by molar-refractivity contribution is 0.0686. The van der Waals surface area contributed by atoms with Crippen molar-refractivity contribution >= 4 is 45.1 Å². The Kier molecular flexibility index (Phi) is 4.75. The number of fused-ring (bicyclic) bond motifs is 2. The summed E-state index contributed by atoms with van der Waals surface area (Å²) in [5.41, 5.74) is 6.20. The van der Waals surface area contributed by atoms with Gasteiger partial charge in [0.2, 0.25) is 0 Å². The van der Waals surface area contributed by atoms with Crippen LogP contribution < -0.4 is 17.0 Å². The number of aromatic nitrogens is 4. The number of rotatable bonds is 4. The van der Waals surface area contributed by atoms with Crippen molar-refractivity contribution in [3.8, 4) is 5.69 Å².